The van der Waals surface area contributed by atoms with Crippen molar-refractivity contribution in [3.8, 4) is 0 Å². The number of hydrogen-bond donors (Lipinski definition) is 0. The average molecular weight is 423 g/mol. The lowest BCUT2D eigenvalue weighted by Crippen LogP contribution is -2.10. The van der Waals surface area contributed by atoms with E-state index in [9.17, 15) is 16.8 Å². The van der Waals surface area contributed by atoms with Crippen LogP contribution in [0.4, 0.5) is 0 Å². The van der Waals surface area contributed by atoms with Crippen LogP contribution >= 0.6 is 0 Å². The van der Waals surface area contributed by atoms with Gasteiger partial charge in [-0.3, -0.25) is 8.37 Å². The molecule has 0 radical (unpaired) electrons. The van der Waals surface area contributed by atoms with Crippen molar-refractivity contribution in [1.82, 2.24) is 0 Å². The largest absolute Gasteiger partial charge is 0.296 e. The molecule has 6 nitrogen and oxygen atoms in total. The molecule has 2 rings (SSSR count). The highest BCUT2D eigenvalue weighted by Crippen LogP contribution is 2.16. The van der Waals surface area contributed by atoms with E-state index in [4.69, 9.17) is 8.37 Å². The SMILES string of the molecule is C=Cc1ccc(S(=O)(=O)OCCCCOS(=O)(=O)c2ccc(C=C)cc2)cc1. The van der Waals surface area contributed by atoms with Crippen molar-refractivity contribution in [3.05, 3.63) is 72.8 Å². The normalized spacial score (nSPS) is 11.9. The molecule has 0 amide bonds. The van der Waals surface area contributed by atoms with Gasteiger partial charge in [0.1, 0.15) is 0 Å². The van der Waals surface area contributed by atoms with E-state index in [0.29, 0.717) is 12.8 Å². The molecule has 0 aliphatic carbocycles. The molecule has 150 valence electrons. The first-order chi connectivity index (χ1) is 13.3. The van der Waals surface area contributed by atoms with E-state index in [1.165, 1.54) is 24.3 Å². The summed E-state index contributed by atoms with van der Waals surface area (Å²) in [6, 6.07) is 12.3. The van der Waals surface area contributed by atoms with Crippen LogP contribution in [-0.4, -0.2) is 30.0 Å². The molecule has 0 heterocycles. The Morgan fingerprint density at radius 1 is 0.643 bits per heavy atom. The molecule has 0 spiro atoms. The van der Waals surface area contributed by atoms with Crippen LogP contribution in [0.2, 0.25) is 0 Å². The number of hydrogen-bond acceptors (Lipinski definition) is 6. The minimum atomic E-state index is -3.85. The molecule has 0 aliphatic heterocycles. The van der Waals surface area contributed by atoms with Crippen LogP contribution in [0.15, 0.2) is 71.5 Å². The first-order valence-electron chi connectivity index (χ1n) is 8.52. The summed E-state index contributed by atoms with van der Waals surface area (Å²) in [7, 11) is -7.70. The van der Waals surface area contributed by atoms with Crippen LogP contribution in [0.25, 0.3) is 12.2 Å². The van der Waals surface area contributed by atoms with Gasteiger partial charge in [-0.25, -0.2) is 0 Å². The summed E-state index contributed by atoms with van der Waals surface area (Å²) in [6.45, 7) is 7.08. The van der Waals surface area contributed by atoms with Crippen LogP contribution in [0.5, 0.6) is 0 Å². The van der Waals surface area contributed by atoms with Crippen LogP contribution in [0.3, 0.4) is 0 Å². The van der Waals surface area contributed by atoms with Gasteiger partial charge in [0.25, 0.3) is 20.2 Å². The molecule has 2 aromatic carbocycles. The zero-order valence-corrected chi connectivity index (χ0v) is 16.9. The third kappa shape index (κ3) is 6.13. The second-order valence-electron chi connectivity index (χ2n) is 5.81. The highest BCUT2D eigenvalue weighted by molar-refractivity contribution is 7.87. The Balaban J connectivity index is 1.77. The van der Waals surface area contributed by atoms with E-state index < -0.39 is 20.2 Å². The quantitative estimate of drug-likeness (QED) is 0.404. The molecular weight excluding hydrogens is 400 g/mol. The number of unbranched alkanes of at least 4 members (excludes halogenated alkanes) is 1. The average Bonchev–Trinajstić information content (AvgIpc) is 2.70. The minimum Gasteiger partial charge on any atom is -0.266 e. The Morgan fingerprint density at radius 3 is 1.25 bits per heavy atom. The van der Waals surface area contributed by atoms with Crippen molar-refractivity contribution in [3.63, 3.8) is 0 Å². The Bertz CT molecular complexity index is 920. The Hall–Kier alpha value is -2.26. The maximum absolute atomic E-state index is 12.1. The molecule has 0 aliphatic rings. The van der Waals surface area contributed by atoms with Crippen molar-refractivity contribution in [2.24, 2.45) is 0 Å². The third-order valence-electron chi connectivity index (χ3n) is 3.82. The fourth-order valence-electron chi connectivity index (χ4n) is 2.22. The second-order valence-corrected chi connectivity index (χ2v) is 9.04. The van der Waals surface area contributed by atoms with E-state index >= 15 is 0 Å². The van der Waals surface area contributed by atoms with Crippen molar-refractivity contribution in [2.45, 2.75) is 22.6 Å². The summed E-state index contributed by atoms with van der Waals surface area (Å²) in [6.07, 6.45) is 3.88. The summed E-state index contributed by atoms with van der Waals surface area (Å²) >= 11 is 0. The first kappa shape index (κ1) is 22.0. The topological polar surface area (TPSA) is 86.7 Å². The van der Waals surface area contributed by atoms with E-state index in [0.717, 1.165) is 11.1 Å². The lowest BCUT2D eigenvalue weighted by Gasteiger charge is -2.07. The molecule has 28 heavy (non-hydrogen) atoms. The fourth-order valence-corrected chi connectivity index (χ4v) is 4.10. The number of rotatable bonds is 11. The minimum absolute atomic E-state index is 0.0555. The summed E-state index contributed by atoms with van der Waals surface area (Å²) < 4.78 is 58.2. The van der Waals surface area contributed by atoms with Crippen LogP contribution in [0.1, 0.15) is 24.0 Å². The third-order valence-corrected chi connectivity index (χ3v) is 6.48. The van der Waals surface area contributed by atoms with E-state index in [-0.39, 0.29) is 23.0 Å². The molecule has 0 aromatic heterocycles. The van der Waals surface area contributed by atoms with Crippen molar-refractivity contribution in [1.29, 1.82) is 0 Å². The zero-order chi connectivity index (χ0) is 20.6. The van der Waals surface area contributed by atoms with Gasteiger partial charge in [0.2, 0.25) is 0 Å². The van der Waals surface area contributed by atoms with Crippen molar-refractivity contribution >= 4 is 32.4 Å². The van der Waals surface area contributed by atoms with Gasteiger partial charge in [-0.15, -0.1) is 0 Å². The van der Waals surface area contributed by atoms with Gasteiger partial charge in [-0.1, -0.05) is 49.6 Å². The van der Waals surface area contributed by atoms with E-state index in [2.05, 4.69) is 13.2 Å². The van der Waals surface area contributed by atoms with Gasteiger partial charge < -0.3 is 0 Å². The van der Waals surface area contributed by atoms with Crippen molar-refractivity contribution < 1.29 is 25.2 Å². The summed E-state index contributed by atoms with van der Waals surface area (Å²) in [5, 5.41) is 0. The fraction of sp³-hybridized carbons (Fsp3) is 0.200. The smallest absolute Gasteiger partial charge is 0.266 e. The molecular formula is C20H22O6S2. The second kappa shape index (κ2) is 9.79. The molecule has 0 fully saturated rings. The summed E-state index contributed by atoms with van der Waals surface area (Å²) in [4.78, 5) is 0.111. The maximum atomic E-state index is 12.1. The molecule has 0 saturated carbocycles. The Labute approximate surface area is 166 Å². The molecule has 2 aromatic rings. The highest BCUT2D eigenvalue weighted by atomic mass is 32.2. The van der Waals surface area contributed by atoms with Crippen LogP contribution in [-0.2, 0) is 28.6 Å². The Morgan fingerprint density at radius 2 is 0.964 bits per heavy atom. The van der Waals surface area contributed by atoms with Gasteiger partial charge in [-0.2, -0.15) is 16.8 Å². The Kier molecular flexibility index (Phi) is 7.70. The highest BCUT2D eigenvalue weighted by Gasteiger charge is 2.16. The summed E-state index contributed by atoms with van der Waals surface area (Å²) in [5.74, 6) is 0. The summed E-state index contributed by atoms with van der Waals surface area (Å²) in [5.41, 5.74) is 1.60. The van der Waals surface area contributed by atoms with Gasteiger partial charge in [0.05, 0.1) is 23.0 Å². The molecule has 0 N–H and O–H groups in total. The van der Waals surface area contributed by atoms with E-state index in [1.807, 2.05) is 0 Å². The van der Waals surface area contributed by atoms with Gasteiger partial charge in [-0.05, 0) is 48.2 Å². The van der Waals surface area contributed by atoms with Crippen molar-refractivity contribution in [2.75, 3.05) is 13.2 Å². The zero-order valence-electron chi connectivity index (χ0n) is 15.3. The first-order valence-corrected chi connectivity index (χ1v) is 11.3. The number of benzene rings is 2. The molecule has 0 saturated heterocycles. The van der Waals surface area contributed by atoms with Gasteiger partial charge in [0, 0.05) is 0 Å². The van der Waals surface area contributed by atoms with Gasteiger partial charge in [0.15, 0.2) is 0 Å². The predicted molar refractivity (Wildman–Crippen MR) is 109 cm³/mol. The molecule has 8 heteroatoms. The van der Waals surface area contributed by atoms with Gasteiger partial charge >= 0.3 is 0 Å². The predicted octanol–water partition coefficient (Wildman–Crippen LogP) is 3.86. The van der Waals surface area contributed by atoms with Crippen LogP contribution < -0.4 is 0 Å². The van der Waals surface area contributed by atoms with Crippen LogP contribution in [0, 0.1) is 0 Å². The molecule has 0 unspecified atom stereocenters. The standard InChI is InChI=1S/C20H22O6S2/c1-3-17-7-11-19(12-8-17)27(21,22)25-15-5-6-16-26-28(23,24)20-13-9-18(4-2)10-14-20/h3-4,7-14H,1-2,5-6,15-16H2. The van der Waals surface area contributed by atoms with E-state index in [1.54, 1.807) is 36.4 Å². The molecule has 0 bridgehead atoms. The lowest BCUT2D eigenvalue weighted by atomic mass is 10.2. The molecule has 0 atom stereocenters. The maximum Gasteiger partial charge on any atom is 0.296 e. The monoisotopic (exact) mass is 422 g/mol. The lowest BCUT2D eigenvalue weighted by molar-refractivity contribution is 0.270.